The zero-order chi connectivity index (χ0) is 17.9. The molecule has 2 rings (SSSR count). The van der Waals surface area contributed by atoms with E-state index in [4.69, 9.17) is 23.2 Å². The number of ether oxygens (including phenoxy) is 1. The zero-order valence-corrected chi connectivity index (χ0v) is 15.3. The fourth-order valence-electron chi connectivity index (χ4n) is 2.09. The molecule has 0 amide bonds. The molecule has 0 aliphatic heterocycles. The minimum atomic E-state index is -3.89. The second-order valence-electron chi connectivity index (χ2n) is 5.03. The fraction of sp³-hybridized carbons (Fsp3) is 0.188. The van der Waals surface area contributed by atoms with Crippen molar-refractivity contribution in [1.29, 1.82) is 0 Å². The predicted octanol–water partition coefficient (Wildman–Crippen LogP) is 3.60. The van der Waals surface area contributed by atoms with E-state index in [1.54, 1.807) is 24.3 Å². The lowest BCUT2D eigenvalue weighted by molar-refractivity contribution is 0.0600. The number of esters is 1. The third-order valence-electron chi connectivity index (χ3n) is 3.33. The molecule has 0 unspecified atom stereocenters. The summed E-state index contributed by atoms with van der Waals surface area (Å²) < 4.78 is 31.3. The standard InChI is InChI=1S/C16H15Cl2NO4S/c1-19(10-11-4-3-5-13(17)8-11)24(21,22)15-9-12(16(20)23-2)6-7-14(15)18/h3-9H,10H2,1-2H3. The summed E-state index contributed by atoms with van der Waals surface area (Å²) in [6.45, 7) is 0.113. The highest BCUT2D eigenvalue weighted by molar-refractivity contribution is 7.89. The van der Waals surface area contributed by atoms with Gasteiger partial charge in [-0.3, -0.25) is 0 Å². The van der Waals surface area contributed by atoms with Crippen LogP contribution in [0.5, 0.6) is 0 Å². The van der Waals surface area contributed by atoms with Crippen LogP contribution in [0.25, 0.3) is 0 Å². The molecule has 5 nitrogen and oxygen atoms in total. The molecule has 2 aromatic carbocycles. The van der Waals surface area contributed by atoms with Crippen LogP contribution in [-0.4, -0.2) is 32.8 Å². The number of carbonyl (C=O) groups is 1. The molecule has 0 heterocycles. The third-order valence-corrected chi connectivity index (χ3v) is 5.85. The summed E-state index contributed by atoms with van der Waals surface area (Å²) in [5.41, 5.74) is 0.838. The van der Waals surface area contributed by atoms with Crippen LogP contribution in [0.4, 0.5) is 0 Å². The lowest BCUT2D eigenvalue weighted by atomic mass is 10.2. The van der Waals surface area contributed by atoms with Crippen LogP contribution in [0.1, 0.15) is 15.9 Å². The maximum Gasteiger partial charge on any atom is 0.337 e. The van der Waals surface area contributed by atoms with Crippen LogP contribution in [0.15, 0.2) is 47.4 Å². The van der Waals surface area contributed by atoms with Crippen LogP contribution < -0.4 is 0 Å². The second kappa shape index (κ2) is 7.53. The van der Waals surface area contributed by atoms with Gasteiger partial charge in [0.25, 0.3) is 0 Å². The molecule has 0 N–H and O–H groups in total. The average molecular weight is 388 g/mol. The second-order valence-corrected chi connectivity index (χ2v) is 7.88. The topological polar surface area (TPSA) is 63.7 Å². The van der Waals surface area contributed by atoms with Gasteiger partial charge in [-0.1, -0.05) is 35.3 Å². The molecule has 8 heteroatoms. The highest BCUT2D eigenvalue weighted by Gasteiger charge is 2.25. The van der Waals surface area contributed by atoms with E-state index in [-0.39, 0.29) is 22.0 Å². The smallest absolute Gasteiger partial charge is 0.337 e. The van der Waals surface area contributed by atoms with Crippen molar-refractivity contribution in [2.24, 2.45) is 0 Å². The highest BCUT2D eigenvalue weighted by atomic mass is 35.5. The number of halogens is 2. The van der Waals surface area contributed by atoms with Gasteiger partial charge in [-0.2, -0.15) is 4.31 Å². The number of hydrogen-bond acceptors (Lipinski definition) is 4. The Bertz CT molecular complexity index is 868. The zero-order valence-electron chi connectivity index (χ0n) is 13.0. The van der Waals surface area contributed by atoms with Gasteiger partial charge in [-0.25, -0.2) is 13.2 Å². The van der Waals surface area contributed by atoms with E-state index in [1.807, 2.05) is 0 Å². The van der Waals surface area contributed by atoms with E-state index in [9.17, 15) is 13.2 Å². The first kappa shape index (κ1) is 18.7. The lowest BCUT2D eigenvalue weighted by Crippen LogP contribution is -2.27. The molecule has 0 atom stereocenters. The van der Waals surface area contributed by atoms with E-state index in [0.717, 1.165) is 9.87 Å². The molecular formula is C16H15Cl2NO4S. The van der Waals surface area contributed by atoms with Crippen LogP contribution in [0.2, 0.25) is 10.0 Å². The first-order valence-corrected chi connectivity index (χ1v) is 9.04. The summed E-state index contributed by atoms with van der Waals surface area (Å²) in [5.74, 6) is -0.638. The van der Waals surface area contributed by atoms with Gasteiger partial charge in [0.05, 0.1) is 17.7 Å². The number of rotatable bonds is 5. The van der Waals surface area contributed by atoms with E-state index >= 15 is 0 Å². The van der Waals surface area contributed by atoms with Crippen molar-refractivity contribution in [3.63, 3.8) is 0 Å². The van der Waals surface area contributed by atoms with Crippen molar-refractivity contribution < 1.29 is 17.9 Å². The molecule has 0 fully saturated rings. The Hall–Kier alpha value is -1.60. The average Bonchev–Trinajstić information content (AvgIpc) is 2.54. The minimum Gasteiger partial charge on any atom is -0.465 e. The molecule has 0 saturated carbocycles. The summed E-state index contributed by atoms with van der Waals surface area (Å²) in [4.78, 5) is 11.5. The summed E-state index contributed by atoms with van der Waals surface area (Å²) in [6, 6.07) is 10.9. The summed E-state index contributed by atoms with van der Waals surface area (Å²) in [5, 5.41) is 0.546. The molecule has 0 aromatic heterocycles. The molecule has 0 aliphatic carbocycles. The van der Waals surface area contributed by atoms with Gasteiger partial charge in [-0.05, 0) is 35.9 Å². The molecule has 0 aliphatic rings. The molecule has 0 radical (unpaired) electrons. The van der Waals surface area contributed by atoms with Crippen LogP contribution >= 0.6 is 23.2 Å². The maximum absolute atomic E-state index is 12.8. The van der Waals surface area contributed by atoms with Crippen molar-refractivity contribution in [3.8, 4) is 0 Å². The van der Waals surface area contributed by atoms with Crippen molar-refractivity contribution in [1.82, 2.24) is 4.31 Å². The Kier molecular flexibility index (Phi) is 5.87. The number of hydrogen-bond donors (Lipinski definition) is 0. The van der Waals surface area contributed by atoms with Gasteiger partial charge >= 0.3 is 5.97 Å². The summed E-state index contributed by atoms with van der Waals surface area (Å²) >= 11 is 11.9. The van der Waals surface area contributed by atoms with Crippen molar-refractivity contribution in [2.45, 2.75) is 11.4 Å². The Labute approximate surface area is 150 Å². The van der Waals surface area contributed by atoms with Gasteiger partial charge in [0.1, 0.15) is 4.90 Å². The molecule has 24 heavy (non-hydrogen) atoms. The maximum atomic E-state index is 12.8. The van der Waals surface area contributed by atoms with Crippen LogP contribution in [0.3, 0.4) is 0 Å². The third kappa shape index (κ3) is 4.08. The first-order chi connectivity index (χ1) is 11.3. The van der Waals surface area contributed by atoms with Crippen LogP contribution in [-0.2, 0) is 21.3 Å². The van der Waals surface area contributed by atoms with E-state index in [0.29, 0.717) is 5.02 Å². The number of benzene rings is 2. The van der Waals surface area contributed by atoms with Crippen molar-refractivity contribution in [2.75, 3.05) is 14.2 Å². The SMILES string of the molecule is COC(=O)c1ccc(Cl)c(S(=O)(=O)N(C)Cc2cccc(Cl)c2)c1. The Morgan fingerprint density at radius 3 is 2.50 bits per heavy atom. The predicted molar refractivity (Wildman–Crippen MR) is 92.9 cm³/mol. The minimum absolute atomic E-state index is 0.0283. The van der Waals surface area contributed by atoms with Gasteiger partial charge in [0, 0.05) is 18.6 Å². The molecule has 0 saturated heterocycles. The molecule has 2 aromatic rings. The molecule has 0 spiro atoms. The van der Waals surface area contributed by atoms with Gasteiger partial charge < -0.3 is 4.74 Å². The van der Waals surface area contributed by atoms with E-state index in [1.165, 1.54) is 32.4 Å². The number of carbonyl (C=O) groups excluding carboxylic acids is 1. The normalized spacial score (nSPS) is 11.5. The molecule has 128 valence electrons. The van der Waals surface area contributed by atoms with Crippen molar-refractivity contribution in [3.05, 3.63) is 63.6 Å². The lowest BCUT2D eigenvalue weighted by Gasteiger charge is -2.18. The highest BCUT2D eigenvalue weighted by Crippen LogP contribution is 2.26. The molecular weight excluding hydrogens is 373 g/mol. The van der Waals surface area contributed by atoms with Gasteiger partial charge in [0.2, 0.25) is 10.0 Å². The van der Waals surface area contributed by atoms with E-state index < -0.39 is 16.0 Å². The van der Waals surface area contributed by atoms with Crippen molar-refractivity contribution >= 4 is 39.2 Å². The summed E-state index contributed by atoms with van der Waals surface area (Å²) in [7, 11) is -1.25. The molecule has 0 bridgehead atoms. The van der Waals surface area contributed by atoms with Gasteiger partial charge in [-0.15, -0.1) is 0 Å². The largest absolute Gasteiger partial charge is 0.465 e. The van der Waals surface area contributed by atoms with Crippen LogP contribution in [0, 0.1) is 0 Å². The summed E-state index contributed by atoms with van der Waals surface area (Å²) in [6.07, 6.45) is 0. The monoisotopic (exact) mass is 387 g/mol. The van der Waals surface area contributed by atoms with E-state index in [2.05, 4.69) is 4.74 Å². The number of sulfonamides is 1. The Morgan fingerprint density at radius 1 is 1.17 bits per heavy atom. The Morgan fingerprint density at radius 2 is 1.88 bits per heavy atom. The fourth-order valence-corrected chi connectivity index (χ4v) is 3.96. The van der Waals surface area contributed by atoms with Gasteiger partial charge in [0.15, 0.2) is 0 Å². The number of methoxy groups -OCH3 is 1. The first-order valence-electron chi connectivity index (χ1n) is 6.84. The Balaban J connectivity index is 2.37. The number of nitrogens with zero attached hydrogens (tertiary/aromatic N) is 1. The quantitative estimate of drug-likeness (QED) is 0.735.